The molecule has 0 amide bonds. The maximum Gasteiger partial charge on any atom is 0.166 e. The number of aryl methyl sites for hydroxylation is 2. The van der Waals surface area contributed by atoms with Crippen molar-refractivity contribution >= 4 is 0 Å². The van der Waals surface area contributed by atoms with Crippen LogP contribution in [0.5, 0.6) is 11.5 Å². The highest BCUT2D eigenvalue weighted by atomic mass is 19.1. The molecule has 4 rings (SSSR count). The van der Waals surface area contributed by atoms with Gasteiger partial charge in [-0.3, -0.25) is 0 Å². The Hall–Kier alpha value is -2.81. The summed E-state index contributed by atoms with van der Waals surface area (Å²) >= 11 is 0. The summed E-state index contributed by atoms with van der Waals surface area (Å²) in [5.74, 6) is 0.954. The minimum atomic E-state index is -0.282. The van der Waals surface area contributed by atoms with Gasteiger partial charge in [0.25, 0.3) is 0 Å². The van der Waals surface area contributed by atoms with Gasteiger partial charge in [0.05, 0.1) is 6.61 Å². The first-order chi connectivity index (χ1) is 15.2. The van der Waals surface area contributed by atoms with Crippen molar-refractivity contribution in [1.29, 1.82) is 0 Å². The standard InChI is InChI=1S/C28H31FO2/c1-3-5-6-7-20-8-10-21(11-9-20)24-18-23-14-17-27(31-28(23)26(29)19-24)22-12-15-25(16-13-22)30-4-2/h8-13,15-16,18-19,27H,3-7,14,17H2,1-2H3. The molecule has 0 saturated heterocycles. The molecule has 1 aliphatic rings. The Morgan fingerprint density at radius 3 is 2.42 bits per heavy atom. The molecule has 0 radical (unpaired) electrons. The smallest absolute Gasteiger partial charge is 0.166 e. The number of benzene rings is 3. The number of ether oxygens (including phenoxy) is 2. The Morgan fingerprint density at radius 1 is 0.935 bits per heavy atom. The molecule has 31 heavy (non-hydrogen) atoms. The van der Waals surface area contributed by atoms with E-state index < -0.39 is 0 Å². The van der Waals surface area contributed by atoms with Crippen LogP contribution in [0.25, 0.3) is 11.1 Å². The van der Waals surface area contributed by atoms with E-state index in [0.717, 1.165) is 47.3 Å². The van der Waals surface area contributed by atoms with Crippen molar-refractivity contribution in [3.8, 4) is 22.6 Å². The number of rotatable bonds is 8. The van der Waals surface area contributed by atoms with Crippen LogP contribution < -0.4 is 9.47 Å². The van der Waals surface area contributed by atoms with Crippen molar-refractivity contribution in [3.63, 3.8) is 0 Å². The van der Waals surface area contributed by atoms with Crippen molar-refractivity contribution in [2.24, 2.45) is 0 Å². The lowest BCUT2D eigenvalue weighted by Gasteiger charge is -2.27. The molecule has 3 heteroatoms. The molecule has 0 aliphatic carbocycles. The fourth-order valence-corrected chi connectivity index (χ4v) is 4.25. The second kappa shape index (κ2) is 10.00. The largest absolute Gasteiger partial charge is 0.494 e. The highest BCUT2D eigenvalue weighted by molar-refractivity contribution is 5.66. The van der Waals surface area contributed by atoms with E-state index in [9.17, 15) is 0 Å². The van der Waals surface area contributed by atoms with Crippen LogP contribution in [0.1, 0.15) is 62.3 Å². The number of fused-ring (bicyclic) bond motifs is 1. The van der Waals surface area contributed by atoms with Crippen LogP contribution in [0.2, 0.25) is 0 Å². The minimum Gasteiger partial charge on any atom is -0.494 e. The molecule has 1 atom stereocenters. The Kier molecular flexibility index (Phi) is 6.91. The predicted octanol–water partition coefficient (Wildman–Crippen LogP) is 7.69. The quantitative estimate of drug-likeness (QED) is 0.349. The van der Waals surface area contributed by atoms with Crippen LogP contribution >= 0.6 is 0 Å². The zero-order valence-electron chi connectivity index (χ0n) is 18.5. The van der Waals surface area contributed by atoms with Crippen LogP contribution in [0.4, 0.5) is 4.39 Å². The van der Waals surface area contributed by atoms with Gasteiger partial charge in [-0.2, -0.15) is 0 Å². The monoisotopic (exact) mass is 418 g/mol. The number of halogens is 1. The fraction of sp³-hybridized carbons (Fsp3) is 0.357. The average molecular weight is 419 g/mol. The summed E-state index contributed by atoms with van der Waals surface area (Å²) in [6.45, 7) is 4.83. The van der Waals surface area contributed by atoms with Crippen molar-refractivity contribution in [2.75, 3.05) is 6.61 Å². The third kappa shape index (κ3) is 5.10. The Balaban J connectivity index is 1.49. The van der Waals surface area contributed by atoms with E-state index in [1.807, 2.05) is 31.2 Å². The molecule has 1 unspecified atom stereocenters. The van der Waals surface area contributed by atoms with E-state index in [1.165, 1.54) is 24.8 Å². The Morgan fingerprint density at radius 2 is 1.71 bits per heavy atom. The van der Waals surface area contributed by atoms with Gasteiger partial charge < -0.3 is 9.47 Å². The molecule has 0 saturated carbocycles. The number of hydrogen-bond donors (Lipinski definition) is 0. The van der Waals surface area contributed by atoms with Crippen LogP contribution in [0.15, 0.2) is 60.7 Å². The summed E-state index contributed by atoms with van der Waals surface area (Å²) in [4.78, 5) is 0. The first-order valence-electron chi connectivity index (χ1n) is 11.5. The molecule has 2 nitrogen and oxygen atoms in total. The van der Waals surface area contributed by atoms with E-state index in [0.29, 0.717) is 12.4 Å². The molecule has 0 fully saturated rings. The first-order valence-corrected chi connectivity index (χ1v) is 11.5. The van der Waals surface area contributed by atoms with Crippen LogP contribution in [0.3, 0.4) is 0 Å². The highest BCUT2D eigenvalue weighted by Crippen LogP contribution is 2.39. The van der Waals surface area contributed by atoms with Gasteiger partial charge in [0.15, 0.2) is 11.6 Å². The topological polar surface area (TPSA) is 18.5 Å². The molecule has 0 aromatic heterocycles. The molecule has 1 heterocycles. The van der Waals surface area contributed by atoms with Crippen molar-refractivity contribution in [2.45, 2.75) is 58.5 Å². The molecule has 162 valence electrons. The third-order valence-corrected chi connectivity index (χ3v) is 5.98. The van der Waals surface area contributed by atoms with Gasteiger partial charge in [-0.15, -0.1) is 0 Å². The molecule has 0 bridgehead atoms. The summed E-state index contributed by atoms with van der Waals surface area (Å²) in [6, 6.07) is 20.1. The second-order valence-corrected chi connectivity index (χ2v) is 8.25. The molecule has 1 aliphatic heterocycles. The average Bonchev–Trinajstić information content (AvgIpc) is 2.80. The maximum absolute atomic E-state index is 15.0. The van der Waals surface area contributed by atoms with Crippen molar-refractivity contribution in [1.82, 2.24) is 0 Å². The van der Waals surface area contributed by atoms with Gasteiger partial charge in [-0.05, 0) is 84.7 Å². The summed E-state index contributed by atoms with van der Waals surface area (Å²) in [6.07, 6.45) is 6.31. The highest BCUT2D eigenvalue weighted by Gasteiger charge is 2.25. The van der Waals surface area contributed by atoms with Gasteiger partial charge in [0, 0.05) is 0 Å². The van der Waals surface area contributed by atoms with Crippen LogP contribution in [0, 0.1) is 5.82 Å². The SMILES string of the molecule is CCCCCc1ccc(-c2cc(F)c3c(c2)CCC(c2ccc(OCC)cc2)O3)cc1. The first kappa shape index (κ1) is 21.4. The third-order valence-electron chi connectivity index (χ3n) is 5.98. The number of unbranched alkanes of at least 4 members (excludes halogenated alkanes) is 2. The van der Waals surface area contributed by atoms with E-state index >= 15 is 4.39 Å². The summed E-state index contributed by atoms with van der Waals surface area (Å²) < 4.78 is 26.6. The van der Waals surface area contributed by atoms with Crippen LogP contribution in [-0.4, -0.2) is 6.61 Å². The van der Waals surface area contributed by atoms with Crippen molar-refractivity contribution in [3.05, 3.63) is 83.2 Å². The molecule has 0 spiro atoms. The summed E-state index contributed by atoms with van der Waals surface area (Å²) in [5.41, 5.74) is 5.31. The second-order valence-electron chi connectivity index (χ2n) is 8.25. The fourth-order valence-electron chi connectivity index (χ4n) is 4.25. The van der Waals surface area contributed by atoms with E-state index in [1.54, 1.807) is 6.07 Å². The molecule has 3 aromatic carbocycles. The Labute approximate surface area is 185 Å². The maximum atomic E-state index is 15.0. The zero-order valence-corrected chi connectivity index (χ0v) is 18.5. The Bertz CT molecular complexity index is 993. The van der Waals surface area contributed by atoms with Gasteiger partial charge in [-0.1, -0.05) is 56.2 Å². The molecule has 3 aromatic rings. The lowest BCUT2D eigenvalue weighted by Crippen LogP contribution is -2.16. The van der Waals surface area contributed by atoms with Gasteiger partial charge in [0.1, 0.15) is 11.9 Å². The minimum absolute atomic E-state index is 0.133. The lowest BCUT2D eigenvalue weighted by atomic mass is 9.93. The molecular weight excluding hydrogens is 387 g/mol. The predicted molar refractivity (Wildman–Crippen MR) is 124 cm³/mol. The van der Waals surface area contributed by atoms with E-state index in [-0.39, 0.29) is 11.9 Å². The zero-order chi connectivity index (χ0) is 21.6. The van der Waals surface area contributed by atoms with Gasteiger partial charge >= 0.3 is 0 Å². The van der Waals surface area contributed by atoms with Gasteiger partial charge in [0.2, 0.25) is 0 Å². The van der Waals surface area contributed by atoms with Crippen LogP contribution in [-0.2, 0) is 12.8 Å². The lowest BCUT2D eigenvalue weighted by molar-refractivity contribution is 0.168. The molecular formula is C28H31FO2. The normalized spacial score (nSPS) is 15.3. The van der Waals surface area contributed by atoms with E-state index in [4.69, 9.17) is 9.47 Å². The van der Waals surface area contributed by atoms with Crippen molar-refractivity contribution < 1.29 is 13.9 Å². The molecule has 0 N–H and O–H groups in total. The van der Waals surface area contributed by atoms with E-state index in [2.05, 4.69) is 37.3 Å². The summed E-state index contributed by atoms with van der Waals surface area (Å²) in [5, 5.41) is 0. The summed E-state index contributed by atoms with van der Waals surface area (Å²) in [7, 11) is 0. The van der Waals surface area contributed by atoms with Gasteiger partial charge in [-0.25, -0.2) is 4.39 Å². The number of hydrogen-bond acceptors (Lipinski definition) is 2.